The lowest BCUT2D eigenvalue weighted by atomic mass is 9.96. The number of nitrogens with one attached hydrogen (secondary N) is 1. The number of fused-ring (bicyclic) bond motifs is 2. The Bertz CT molecular complexity index is 1150. The molecule has 0 unspecified atom stereocenters. The summed E-state index contributed by atoms with van der Waals surface area (Å²) in [6, 6.07) is 13.1. The molecule has 1 aliphatic heterocycles. The average Bonchev–Trinajstić information content (AvgIpc) is 3.30. The molecule has 0 bridgehead atoms. The van der Waals surface area contributed by atoms with Crippen LogP contribution in [0.3, 0.4) is 0 Å². The normalized spacial score (nSPS) is 15.6. The van der Waals surface area contributed by atoms with Crippen molar-refractivity contribution in [3.05, 3.63) is 64.5 Å². The minimum atomic E-state index is -0.256. The van der Waals surface area contributed by atoms with Crippen molar-refractivity contribution >= 4 is 38.4 Å². The van der Waals surface area contributed by atoms with E-state index < -0.39 is 0 Å². The Hall–Kier alpha value is -2.73. The van der Waals surface area contributed by atoms with Crippen molar-refractivity contribution < 1.29 is 9.18 Å². The number of carbonyl (C=O) groups is 1. The number of halogens is 1. The second kappa shape index (κ2) is 6.71. The van der Waals surface area contributed by atoms with Crippen molar-refractivity contribution in [2.24, 2.45) is 0 Å². The number of likely N-dealkylation sites (tertiary alicyclic amines) is 1. The molecule has 1 saturated heterocycles. The number of piperidine rings is 1. The summed E-state index contributed by atoms with van der Waals surface area (Å²) >= 11 is 1.39. The van der Waals surface area contributed by atoms with Crippen LogP contribution in [-0.4, -0.2) is 33.9 Å². The first kappa shape index (κ1) is 17.4. The van der Waals surface area contributed by atoms with E-state index in [9.17, 15) is 9.18 Å². The molecular formula is C22H20FN3OS. The second-order valence-corrected chi connectivity index (χ2v) is 8.43. The summed E-state index contributed by atoms with van der Waals surface area (Å²) in [5.74, 6) is 1.10. The number of aromatic nitrogens is 2. The van der Waals surface area contributed by atoms with Crippen LogP contribution in [0.4, 0.5) is 4.39 Å². The molecule has 1 N–H and O–H groups in total. The van der Waals surface area contributed by atoms with E-state index in [1.165, 1.54) is 17.4 Å². The molecule has 142 valence electrons. The lowest BCUT2D eigenvalue weighted by Crippen LogP contribution is -2.38. The van der Waals surface area contributed by atoms with E-state index in [1.807, 2.05) is 42.2 Å². The minimum absolute atomic E-state index is 0.0150. The van der Waals surface area contributed by atoms with E-state index in [-0.39, 0.29) is 11.7 Å². The Kier molecular flexibility index (Phi) is 4.16. The van der Waals surface area contributed by atoms with Gasteiger partial charge >= 0.3 is 0 Å². The topological polar surface area (TPSA) is 49.0 Å². The van der Waals surface area contributed by atoms with Gasteiger partial charge < -0.3 is 9.88 Å². The number of amides is 1. The third kappa shape index (κ3) is 2.79. The molecule has 4 nitrogen and oxygen atoms in total. The van der Waals surface area contributed by atoms with Crippen LogP contribution < -0.4 is 0 Å². The van der Waals surface area contributed by atoms with Crippen molar-refractivity contribution in [2.45, 2.75) is 25.7 Å². The SMILES string of the molecule is Cc1c(C(=O)N2CCC(c3nc4ccccc4[nH]3)CC2)sc2cccc(F)c12. The standard InChI is InChI=1S/C22H20FN3OS/c1-13-19-15(23)5-4-8-18(19)28-20(13)22(27)26-11-9-14(10-12-26)21-24-16-6-2-3-7-17(16)25-21/h2-8,14H,9-12H2,1H3,(H,24,25). The number of aryl methyl sites for hydroxylation is 1. The molecule has 0 aliphatic carbocycles. The highest BCUT2D eigenvalue weighted by atomic mass is 32.1. The monoisotopic (exact) mass is 393 g/mol. The molecule has 5 rings (SSSR count). The first-order valence-electron chi connectivity index (χ1n) is 9.53. The van der Waals surface area contributed by atoms with Gasteiger partial charge in [0.1, 0.15) is 11.6 Å². The molecule has 0 saturated carbocycles. The highest BCUT2D eigenvalue weighted by molar-refractivity contribution is 7.21. The third-order valence-electron chi connectivity index (χ3n) is 5.67. The van der Waals surface area contributed by atoms with Gasteiger partial charge in [-0.1, -0.05) is 18.2 Å². The van der Waals surface area contributed by atoms with Gasteiger partial charge in [0.25, 0.3) is 5.91 Å². The minimum Gasteiger partial charge on any atom is -0.342 e. The van der Waals surface area contributed by atoms with Gasteiger partial charge in [-0.25, -0.2) is 9.37 Å². The quantitative estimate of drug-likeness (QED) is 0.506. The van der Waals surface area contributed by atoms with E-state index >= 15 is 0 Å². The molecule has 6 heteroatoms. The molecule has 0 atom stereocenters. The van der Waals surface area contributed by atoms with Crippen LogP contribution in [0.5, 0.6) is 0 Å². The number of aromatic amines is 1. The summed E-state index contributed by atoms with van der Waals surface area (Å²) in [5.41, 5.74) is 2.79. The van der Waals surface area contributed by atoms with Crippen LogP contribution in [0.25, 0.3) is 21.1 Å². The fraction of sp³-hybridized carbons (Fsp3) is 0.273. The van der Waals surface area contributed by atoms with Crippen LogP contribution in [0.1, 0.15) is 39.8 Å². The van der Waals surface area contributed by atoms with Gasteiger partial charge in [-0.15, -0.1) is 11.3 Å². The smallest absolute Gasteiger partial charge is 0.264 e. The number of hydrogen-bond donors (Lipinski definition) is 1. The number of para-hydroxylation sites is 2. The number of imidazole rings is 1. The van der Waals surface area contributed by atoms with Crippen molar-refractivity contribution in [1.82, 2.24) is 14.9 Å². The summed E-state index contributed by atoms with van der Waals surface area (Å²) in [7, 11) is 0. The summed E-state index contributed by atoms with van der Waals surface area (Å²) in [6.07, 6.45) is 1.76. The maximum Gasteiger partial charge on any atom is 0.264 e. The molecule has 0 radical (unpaired) electrons. The zero-order valence-corrected chi connectivity index (χ0v) is 16.4. The Labute approximate surface area is 166 Å². The van der Waals surface area contributed by atoms with Crippen molar-refractivity contribution in [1.29, 1.82) is 0 Å². The lowest BCUT2D eigenvalue weighted by Gasteiger charge is -2.31. The van der Waals surface area contributed by atoms with E-state index in [0.29, 0.717) is 29.3 Å². The first-order valence-corrected chi connectivity index (χ1v) is 10.3. The average molecular weight is 393 g/mol. The zero-order valence-electron chi connectivity index (χ0n) is 15.5. The van der Waals surface area contributed by atoms with E-state index in [1.54, 1.807) is 6.07 Å². The zero-order chi connectivity index (χ0) is 19.3. The number of hydrogen-bond acceptors (Lipinski definition) is 3. The molecule has 1 amide bonds. The Morgan fingerprint density at radius 1 is 1.18 bits per heavy atom. The molecule has 0 spiro atoms. The Balaban J connectivity index is 1.34. The summed E-state index contributed by atoms with van der Waals surface area (Å²) in [6.45, 7) is 3.23. The number of benzene rings is 2. The van der Waals surface area contributed by atoms with Crippen LogP contribution >= 0.6 is 11.3 Å². The van der Waals surface area contributed by atoms with Gasteiger partial charge in [0.05, 0.1) is 15.9 Å². The predicted octanol–water partition coefficient (Wildman–Crippen LogP) is 5.24. The fourth-order valence-electron chi connectivity index (χ4n) is 4.12. The fourth-order valence-corrected chi connectivity index (χ4v) is 5.31. The van der Waals surface area contributed by atoms with E-state index in [2.05, 4.69) is 4.98 Å². The van der Waals surface area contributed by atoms with Gasteiger partial charge in [-0.05, 0) is 49.6 Å². The molecule has 1 aliphatic rings. The summed E-state index contributed by atoms with van der Waals surface area (Å²) < 4.78 is 15.0. The molecular weight excluding hydrogens is 373 g/mol. The molecule has 2 aromatic heterocycles. The van der Waals surface area contributed by atoms with Gasteiger partial charge in [0.2, 0.25) is 0 Å². The predicted molar refractivity (Wildman–Crippen MR) is 110 cm³/mol. The number of nitrogens with zero attached hydrogens (tertiary/aromatic N) is 2. The van der Waals surface area contributed by atoms with Crippen LogP contribution in [0.15, 0.2) is 42.5 Å². The first-order chi connectivity index (χ1) is 13.6. The molecule has 28 heavy (non-hydrogen) atoms. The number of H-pyrrole nitrogens is 1. The number of rotatable bonds is 2. The third-order valence-corrected chi connectivity index (χ3v) is 6.92. The van der Waals surface area contributed by atoms with Gasteiger partial charge in [0.15, 0.2) is 0 Å². The van der Waals surface area contributed by atoms with E-state index in [4.69, 9.17) is 4.98 Å². The maximum atomic E-state index is 14.2. The summed E-state index contributed by atoms with van der Waals surface area (Å²) in [5, 5.41) is 0.577. The Morgan fingerprint density at radius 3 is 2.71 bits per heavy atom. The molecule has 4 aromatic rings. The van der Waals surface area contributed by atoms with Gasteiger partial charge in [0, 0.05) is 29.1 Å². The van der Waals surface area contributed by atoms with Crippen LogP contribution in [0, 0.1) is 12.7 Å². The summed E-state index contributed by atoms with van der Waals surface area (Å²) in [4.78, 5) is 23.8. The second-order valence-electron chi connectivity index (χ2n) is 7.37. The molecule has 3 heterocycles. The molecule has 1 fully saturated rings. The largest absolute Gasteiger partial charge is 0.342 e. The van der Waals surface area contributed by atoms with Gasteiger partial charge in [-0.2, -0.15) is 0 Å². The van der Waals surface area contributed by atoms with Crippen molar-refractivity contribution in [3.8, 4) is 0 Å². The highest BCUT2D eigenvalue weighted by Crippen LogP contribution is 2.35. The lowest BCUT2D eigenvalue weighted by molar-refractivity contribution is 0.0715. The number of thiophene rings is 1. The van der Waals surface area contributed by atoms with E-state index in [0.717, 1.165) is 40.0 Å². The maximum absolute atomic E-state index is 14.2. The molecule has 2 aromatic carbocycles. The van der Waals surface area contributed by atoms with Crippen molar-refractivity contribution in [3.63, 3.8) is 0 Å². The van der Waals surface area contributed by atoms with Crippen molar-refractivity contribution in [2.75, 3.05) is 13.1 Å². The number of carbonyl (C=O) groups excluding carboxylic acids is 1. The Morgan fingerprint density at radius 2 is 1.96 bits per heavy atom. The van der Waals surface area contributed by atoms with Gasteiger partial charge in [-0.3, -0.25) is 4.79 Å². The highest BCUT2D eigenvalue weighted by Gasteiger charge is 2.28. The van der Waals surface area contributed by atoms with Crippen LogP contribution in [-0.2, 0) is 0 Å². The van der Waals surface area contributed by atoms with Crippen LogP contribution in [0.2, 0.25) is 0 Å².